The van der Waals surface area contributed by atoms with Crippen molar-refractivity contribution in [2.75, 3.05) is 6.61 Å². The molecule has 0 fully saturated rings. The van der Waals surface area contributed by atoms with Gasteiger partial charge in [0.2, 0.25) is 0 Å². The maximum absolute atomic E-state index is 11.4. The lowest BCUT2D eigenvalue weighted by molar-refractivity contribution is -0.118. The number of carbonyl (C=O) groups is 2. The fraction of sp³-hybridized carbons (Fsp3) is 0.200. The van der Waals surface area contributed by atoms with E-state index in [9.17, 15) is 14.7 Å². The molecule has 3 nitrogen and oxygen atoms in total. The zero-order valence-electron chi connectivity index (χ0n) is 9.87. The first-order valence-corrected chi connectivity index (χ1v) is 5.76. The van der Waals surface area contributed by atoms with E-state index < -0.39 is 5.41 Å². The van der Waals surface area contributed by atoms with Crippen LogP contribution < -0.4 is 0 Å². The lowest BCUT2D eigenvalue weighted by Gasteiger charge is -2.25. The van der Waals surface area contributed by atoms with Gasteiger partial charge >= 0.3 is 0 Å². The van der Waals surface area contributed by atoms with Crippen molar-refractivity contribution < 1.29 is 14.7 Å². The molecule has 0 saturated heterocycles. The molecular weight excluding hydrogens is 228 g/mol. The molecule has 0 bridgehead atoms. The molecule has 0 heterocycles. The molecule has 2 aromatic rings. The summed E-state index contributed by atoms with van der Waals surface area (Å²) in [6, 6.07) is 13.2. The minimum absolute atomic E-state index is 0.0129. The van der Waals surface area contributed by atoms with E-state index in [1.807, 2.05) is 36.4 Å². The van der Waals surface area contributed by atoms with Crippen molar-refractivity contribution in [2.24, 2.45) is 0 Å². The lowest BCUT2D eigenvalue weighted by Crippen LogP contribution is -2.33. The number of aliphatic hydroxyl groups excluding tert-OH is 1. The van der Waals surface area contributed by atoms with Crippen molar-refractivity contribution in [3.63, 3.8) is 0 Å². The summed E-state index contributed by atoms with van der Waals surface area (Å²) in [7, 11) is 0. The third kappa shape index (κ3) is 1.93. The van der Waals surface area contributed by atoms with Crippen LogP contribution in [0, 0.1) is 0 Å². The topological polar surface area (TPSA) is 54.4 Å². The van der Waals surface area contributed by atoms with Crippen molar-refractivity contribution in [1.29, 1.82) is 0 Å². The second kappa shape index (κ2) is 5.10. The van der Waals surface area contributed by atoms with Crippen molar-refractivity contribution in [2.45, 2.75) is 11.8 Å². The highest BCUT2D eigenvalue weighted by Gasteiger charge is 2.32. The summed E-state index contributed by atoms with van der Waals surface area (Å²) in [5, 5.41) is 11.4. The van der Waals surface area contributed by atoms with Gasteiger partial charge in [0.15, 0.2) is 0 Å². The zero-order chi connectivity index (χ0) is 13.0. The van der Waals surface area contributed by atoms with Crippen molar-refractivity contribution in [3.8, 4) is 0 Å². The fourth-order valence-electron chi connectivity index (χ4n) is 2.22. The quantitative estimate of drug-likeness (QED) is 0.814. The Bertz CT molecular complexity index is 571. The minimum Gasteiger partial charge on any atom is -0.395 e. The molecule has 0 aliphatic heterocycles. The number of rotatable bonds is 5. The fourth-order valence-corrected chi connectivity index (χ4v) is 2.22. The largest absolute Gasteiger partial charge is 0.395 e. The third-order valence-electron chi connectivity index (χ3n) is 3.28. The molecule has 0 aromatic heterocycles. The summed E-state index contributed by atoms with van der Waals surface area (Å²) < 4.78 is 0. The van der Waals surface area contributed by atoms with E-state index in [1.54, 1.807) is 6.07 Å². The maximum Gasteiger partial charge on any atom is 0.133 e. The van der Waals surface area contributed by atoms with Gasteiger partial charge in [-0.3, -0.25) is 0 Å². The summed E-state index contributed by atoms with van der Waals surface area (Å²) in [5.41, 5.74) is -0.437. The average Bonchev–Trinajstić information content (AvgIpc) is 2.44. The normalized spacial score (nSPS) is 14.1. The Labute approximate surface area is 105 Å². The molecule has 3 heteroatoms. The number of hydrogen-bond donors (Lipinski definition) is 1. The van der Waals surface area contributed by atoms with Gasteiger partial charge in [0.25, 0.3) is 0 Å². The zero-order valence-corrected chi connectivity index (χ0v) is 9.87. The Morgan fingerprint density at radius 2 is 1.78 bits per heavy atom. The van der Waals surface area contributed by atoms with Gasteiger partial charge in [0.1, 0.15) is 12.6 Å². The first kappa shape index (κ1) is 12.5. The van der Waals surface area contributed by atoms with Crippen LogP contribution >= 0.6 is 0 Å². The molecule has 0 aliphatic carbocycles. The molecule has 0 aliphatic rings. The summed E-state index contributed by atoms with van der Waals surface area (Å²) in [5.74, 6) is 0. The molecule has 1 N–H and O–H groups in total. The Morgan fingerprint density at radius 1 is 1.06 bits per heavy atom. The number of fused-ring (bicyclic) bond motifs is 1. The number of benzene rings is 2. The summed E-state index contributed by atoms with van der Waals surface area (Å²) in [6.45, 7) is -0.372. The maximum atomic E-state index is 11.4. The molecule has 2 aromatic carbocycles. The Kier molecular flexibility index (Phi) is 3.53. The van der Waals surface area contributed by atoms with E-state index in [0.717, 1.165) is 10.8 Å². The molecule has 92 valence electrons. The first-order valence-electron chi connectivity index (χ1n) is 5.76. The van der Waals surface area contributed by atoms with Gasteiger partial charge in [0, 0.05) is 6.42 Å². The van der Waals surface area contributed by atoms with E-state index in [0.29, 0.717) is 18.1 Å². The van der Waals surface area contributed by atoms with Crippen LogP contribution in [0.15, 0.2) is 42.5 Å². The van der Waals surface area contributed by atoms with Gasteiger partial charge in [-0.05, 0) is 16.3 Å². The van der Waals surface area contributed by atoms with Gasteiger partial charge < -0.3 is 14.7 Å². The highest BCUT2D eigenvalue weighted by Crippen LogP contribution is 2.31. The van der Waals surface area contributed by atoms with Gasteiger partial charge in [-0.2, -0.15) is 0 Å². The van der Waals surface area contributed by atoms with Gasteiger partial charge in [-0.1, -0.05) is 42.5 Å². The molecular formula is C15H14O3. The molecule has 0 amide bonds. The average molecular weight is 242 g/mol. The van der Waals surface area contributed by atoms with Crippen LogP contribution in [0.4, 0.5) is 0 Å². The Morgan fingerprint density at radius 3 is 2.44 bits per heavy atom. The Hall–Kier alpha value is -2.00. The minimum atomic E-state index is -1.14. The van der Waals surface area contributed by atoms with E-state index in [1.165, 1.54) is 0 Å². The van der Waals surface area contributed by atoms with E-state index in [2.05, 4.69) is 0 Å². The van der Waals surface area contributed by atoms with Crippen molar-refractivity contribution in [1.82, 2.24) is 0 Å². The lowest BCUT2D eigenvalue weighted by atomic mass is 9.78. The Balaban J connectivity index is 2.71. The number of carbonyl (C=O) groups excluding carboxylic acids is 2. The molecule has 0 saturated carbocycles. The van der Waals surface area contributed by atoms with Crippen LogP contribution in [-0.4, -0.2) is 24.3 Å². The molecule has 2 rings (SSSR count). The van der Waals surface area contributed by atoms with Crippen LogP contribution in [0.3, 0.4) is 0 Å². The van der Waals surface area contributed by atoms with Crippen LogP contribution in [0.25, 0.3) is 10.8 Å². The molecule has 0 radical (unpaired) electrons. The van der Waals surface area contributed by atoms with Crippen LogP contribution in [0.2, 0.25) is 0 Å². The number of aldehydes is 2. The molecule has 1 unspecified atom stereocenters. The molecule has 1 atom stereocenters. The standard InChI is InChI=1S/C15H14O3/c16-9-8-15(10-17,11-18)14-7-3-5-12-4-1-2-6-13(12)14/h1-7,9-10,18H,8,11H2. The van der Waals surface area contributed by atoms with Crippen LogP contribution in [-0.2, 0) is 15.0 Å². The molecule has 18 heavy (non-hydrogen) atoms. The van der Waals surface area contributed by atoms with Gasteiger partial charge in [-0.15, -0.1) is 0 Å². The van der Waals surface area contributed by atoms with Gasteiger partial charge in [0.05, 0.1) is 12.0 Å². The third-order valence-corrected chi connectivity index (χ3v) is 3.28. The smallest absolute Gasteiger partial charge is 0.133 e. The van der Waals surface area contributed by atoms with Crippen LogP contribution in [0.5, 0.6) is 0 Å². The highest BCUT2D eigenvalue weighted by molar-refractivity contribution is 5.91. The second-order valence-corrected chi connectivity index (χ2v) is 4.33. The van der Waals surface area contributed by atoms with E-state index in [-0.39, 0.29) is 13.0 Å². The predicted octanol–water partition coefficient (Wildman–Crippen LogP) is 1.86. The highest BCUT2D eigenvalue weighted by atomic mass is 16.3. The number of aliphatic hydroxyl groups is 1. The SMILES string of the molecule is O=CCC(C=O)(CO)c1cccc2ccccc12. The summed E-state index contributed by atoms with van der Waals surface area (Å²) in [6.07, 6.45) is 1.33. The van der Waals surface area contributed by atoms with E-state index in [4.69, 9.17) is 0 Å². The van der Waals surface area contributed by atoms with Crippen molar-refractivity contribution in [3.05, 3.63) is 48.0 Å². The number of hydrogen-bond acceptors (Lipinski definition) is 3. The summed E-state index contributed by atoms with van der Waals surface area (Å²) >= 11 is 0. The van der Waals surface area contributed by atoms with E-state index >= 15 is 0 Å². The molecule has 0 spiro atoms. The van der Waals surface area contributed by atoms with Gasteiger partial charge in [-0.25, -0.2) is 0 Å². The monoisotopic (exact) mass is 242 g/mol. The first-order chi connectivity index (χ1) is 8.77. The predicted molar refractivity (Wildman–Crippen MR) is 69.5 cm³/mol. The van der Waals surface area contributed by atoms with Crippen LogP contribution in [0.1, 0.15) is 12.0 Å². The second-order valence-electron chi connectivity index (χ2n) is 4.33. The summed E-state index contributed by atoms with van der Waals surface area (Å²) in [4.78, 5) is 22.2. The van der Waals surface area contributed by atoms with Crippen molar-refractivity contribution >= 4 is 23.3 Å².